The van der Waals surface area contributed by atoms with E-state index in [0.717, 1.165) is 30.9 Å². The van der Waals surface area contributed by atoms with Crippen LogP contribution < -0.4 is 10.2 Å². The highest BCUT2D eigenvalue weighted by Gasteiger charge is 2.27. The third-order valence-electron chi connectivity index (χ3n) is 4.04. The number of rotatable bonds is 4. The number of carbonyl (C=O) groups excluding carboxylic acids is 2. The van der Waals surface area contributed by atoms with Gasteiger partial charge in [0.1, 0.15) is 6.42 Å². The lowest BCUT2D eigenvalue weighted by Gasteiger charge is -2.38. The van der Waals surface area contributed by atoms with E-state index in [1.165, 1.54) is 7.05 Å². The van der Waals surface area contributed by atoms with Crippen molar-refractivity contribution in [1.82, 2.24) is 20.4 Å². The molecule has 0 radical (unpaired) electrons. The van der Waals surface area contributed by atoms with Crippen molar-refractivity contribution in [2.24, 2.45) is 0 Å². The minimum atomic E-state index is -0.256. The summed E-state index contributed by atoms with van der Waals surface area (Å²) in [5.74, 6) is 0.428. The SMILES string of the molecule is CNC(=O)CC(=O)N(C)C1CCCN(c2ccc(C)nn2)C1. The van der Waals surface area contributed by atoms with Crippen molar-refractivity contribution in [2.75, 3.05) is 32.1 Å². The second-order valence-corrected chi connectivity index (χ2v) is 5.63. The highest BCUT2D eigenvalue weighted by Crippen LogP contribution is 2.20. The van der Waals surface area contributed by atoms with E-state index in [0.29, 0.717) is 6.54 Å². The fraction of sp³-hybridized carbons (Fsp3) is 0.600. The maximum Gasteiger partial charge on any atom is 0.232 e. The Morgan fingerprint density at radius 2 is 2.18 bits per heavy atom. The number of hydrogen-bond acceptors (Lipinski definition) is 5. The van der Waals surface area contributed by atoms with Gasteiger partial charge >= 0.3 is 0 Å². The molecule has 0 saturated carbocycles. The van der Waals surface area contributed by atoms with Gasteiger partial charge in [0.15, 0.2) is 5.82 Å². The van der Waals surface area contributed by atoms with Crippen LogP contribution in [0.3, 0.4) is 0 Å². The van der Waals surface area contributed by atoms with Crippen LogP contribution in [0.15, 0.2) is 12.1 Å². The minimum Gasteiger partial charge on any atom is -0.359 e. The van der Waals surface area contributed by atoms with Crippen LogP contribution in [0.2, 0.25) is 0 Å². The average Bonchev–Trinajstić information content (AvgIpc) is 2.54. The van der Waals surface area contributed by atoms with E-state index in [2.05, 4.69) is 20.4 Å². The third kappa shape index (κ3) is 3.93. The molecule has 1 unspecified atom stereocenters. The second-order valence-electron chi connectivity index (χ2n) is 5.63. The average molecular weight is 305 g/mol. The summed E-state index contributed by atoms with van der Waals surface area (Å²) in [5, 5.41) is 10.8. The molecule has 2 rings (SSSR count). The predicted molar refractivity (Wildman–Crippen MR) is 83.5 cm³/mol. The van der Waals surface area contributed by atoms with Crippen LogP contribution in [0.5, 0.6) is 0 Å². The molecule has 1 fully saturated rings. The molecule has 1 aromatic rings. The maximum atomic E-state index is 12.1. The molecule has 0 spiro atoms. The van der Waals surface area contributed by atoms with Crippen LogP contribution in [-0.2, 0) is 9.59 Å². The van der Waals surface area contributed by atoms with Crippen LogP contribution in [0.1, 0.15) is 25.0 Å². The van der Waals surface area contributed by atoms with Gasteiger partial charge in [-0.2, -0.15) is 5.10 Å². The zero-order chi connectivity index (χ0) is 16.1. The van der Waals surface area contributed by atoms with Gasteiger partial charge in [0.25, 0.3) is 0 Å². The molecule has 0 aromatic carbocycles. The first-order chi connectivity index (χ1) is 10.5. The Balaban J connectivity index is 1.99. The van der Waals surface area contributed by atoms with Gasteiger partial charge in [-0.25, -0.2) is 0 Å². The quantitative estimate of drug-likeness (QED) is 0.812. The summed E-state index contributed by atoms with van der Waals surface area (Å²) in [6.07, 6.45) is 1.82. The summed E-state index contributed by atoms with van der Waals surface area (Å²) in [4.78, 5) is 27.3. The number of piperidine rings is 1. The molecule has 0 aliphatic carbocycles. The molecular weight excluding hydrogens is 282 g/mol. The van der Waals surface area contributed by atoms with Crippen LogP contribution in [0.4, 0.5) is 5.82 Å². The summed E-state index contributed by atoms with van der Waals surface area (Å²) in [5.41, 5.74) is 0.884. The van der Waals surface area contributed by atoms with E-state index in [4.69, 9.17) is 0 Å². The number of carbonyl (C=O) groups is 2. The van der Waals surface area contributed by atoms with Crippen molar-refractivity contribution >= 4 is 17.6 Å². The largest absolute Gasteiger partial charge is 0.359 e. The van der Waals surface area contributed by atoms with Crippen molar-refractivity contribution in [3.05, 3.63) is 17.8 Å². The Kier molecular flexibility index (Phi) is 5.30. The van der Waals surface area contributed by atoms with Crippen molar-refractivity contribution < 1.29 is 9.59 Å². The van der Waals surface area contributed by atoms with Gasteiger partial charge in [-0.3, -0.25) is 9.59 Å². The number of nitrogens with zero attached hydrogens (tertiary/aromatic N) is 4. The normalized spacial score (nSPS) is 18.0. The highest BCUT2D eigenvalue weighted by molar-refractivity contribution is 5.96. The molecule has 120 valence electrons. The van der Waals surface area contributed by atoms with Crippen molar-refractivity contribution in [3.63, 3.8) is 0 Å². The zero-order valence-corrected chi connectivity index (χ0v) is 13.4. The number of aromatic nitrogens is 2. The van der Waals surface area contributed by atoms with Gasteiger partial charge in [-0.05, 0) is 31.9 Å². The van der Waals surface area contributed by atoms with Crippen LogP contribution in [0.25, 0.3) is 0 Å². The van der Waals surface area contributed by atoms with Crippen LogP contribution in [-0.4, -0.2) is 60.1 Å². The summed E-state index contributed by atoms with van der Waals surface area (Å²) in [6, 6.07) is 3.98. The molecule has 1 atom stereocenters. The fourth-order valence-electron chi connectivity index (χ4n) is 2.59. The Hall–Kier alpha value is -2.18. The lowest BCUT2D eigenvalue weighted by molar-refractivity contribution is -0.136. The van der Waals surface area contributed by atoms with E-state index in [1.807, 2.05) is 19.1 Å². The molecule has 2 heterocycles. The minimum absolute atomic E-state index is 0.0917. The van der Waals surface area contributed by atoms with Gasteiger partial charge in [-0.15, -0.1) is 5.10 Å². The van der Waals surface area contributed by atoms with Crippen molar-refractivity contribution in [2.45, 2.75) is 32.2 Å². The molecule has 22 heavy (non-hydrogen) atoms. The first kappa shape index (κ1) is 16.2. The summed E-state index contributed by atoms with van der Waals surface area (Å²) < 4.78 is 0. The zero-order valence-electron chi connectivity index (χ0n) is 13.4. The monoisotopic (exact) mass is 305 g/mol. The molecule has 1 aliphatic heterocycles. The van der Waals surface area contributed by atoms with E-state index >= 15 is 0 Å². The second kappa shape index (κ2) is 7.20. The first-order valence-corrected chi connectivity index (χ1v) is 7.52. The number of nitrogens with one attached hydrogen (secondary N) is 1. The first-order valence-electron chi connectivity index (χ1n) is 7.52. The summed E-state index contributed by atoms with van der Waals surface area (Å²) in [7, 11) is 3.30. The fourth-order valence-corrected chi connectivity index (χ4v) is 2.59. The number of hydrogen-bond donors (Lipinski definition) is 1. The Labute approximate surface area is 130 Å². The molecule has 1 aromatic heterocycles. The Bertz CT molecular complexity index is 531. The number of aryl methyl sites for hydroxylation is 1. The van der Waals surface area contributed by atoms with E-state index in [-0.39, 0.29) is 24.3 Å². The summed E-state index contributed by atoms with van der Waals surface area (Å²) >= 11 is 0. The molecule has 1 saturated heterocycles. The number of likely N-dealkylation sites (N-methyl/N-ethyl adjacent to an activating group) is 1. The van der Waals surface area contributed by atoms with Gasteiger partial charge in [0, 0.05) is 33.2 Å². The van der Waals surface area contributed by atoms with Gasteiger partial charge < -0.3 is 15.1 Å². The highest BCUT2D eigenvalue weighted by atomic mass is 16.2. The number of anilines is 1. The molecule has 2 amide bonds. The topological polar surface area (TPSA) is 78.4 Å². The lowest BCUT2D eigenvalue weighted by Crippen LogP contribution is -2.49. The molecule has 7 heteroatoms. The molecule has 1 aliphatic rings. The van der Waals surface area contributed by atoms with Gasteiger partial charge in [0.2, 0.25) is 11.8 Å². The molecule has 7 nitrogen and oxygen atoms in total. The van der Waals surface area contributed by atoms with Crippen molar-refractivity contribution in [3.8, 4) is 0 Å². The van der Waals surface area contributed by atoms with Gasteiger partial charge in [-0.1, -0.05) is 0 Å². The van der Waals surface area contributed by atoms with Crippen molar-refractivity contribution in [1.29, 1.82) is 0 Å². The van der Waals surface area contributed by atoms with Gasteiger partial charge in [0.05, 0.1) is 5.69 Å². The molecule has 0 bridgehead atoms. The third-order valence-corrected chi connectivity index (χ3v) is 4.04. The van der Waals surface area contributed by atoms with E-state index in [9.17, 15) is 9.59 Å². The standard InChI is InChI=1S/C15H23N5O2/c1-11-6-7-13(18-17-11)20-8-4-5-12(10-20)19(3)15(22)9-14(21)16-2/h6-7,12H,4-5,8-10H2,1-3H3,(H,16,21). The maximum absolute atomic E-state index is 12.1. The molecular formula is C15H23N5O2. The van der Waals surface area contributed by atoms with E-state index in [1.54, 1.807) is 11.9 Å². The Morgan fingerprint density at radius 3 is 2.82 bits per heavy atom. The lowest BCUT2D eigenvalue weighted by atomic mass is 10.0. The molecule has 1 N–H and O–H groups in total. The Morgan fingerprint density at radius 1 is 1.41 bits per heavy atom. The number of amides is 2. The van der Waals surface area contributed by atoms with Crippen LogP contribution >= 0.6 is 0 Å². The van der Waals surface area contributed by atoms with E-state index < -0.39 is 0 Å². The summed E-state index contributed by atoms with van der Waals surface area (Å²) in [6.45, 7) is 3.53. The predicted octanol–water partition coefficient (Wildman–Crippen LogP) is 0.348. The smallest absolute Gasteiger partial charge is 0.232 e. The van der Waals surface area contributed by atoms with Crippen LogP contribution in [0, 0.1) is 6.92 Å².